The lowest BCUT2D eigenvalue weighted by Crippen LogP contribution is -2.43. The summed E-state index contributed by atoms with van der Waals surface area (Å²) in [5.41, 5.74) is 3.97. The number of nitrogens with one attached hydrogen (secondary N) is 2. The number of anilines is 1. The van der Waals surface area contributed by atoms with Crippen molar-refractivity contribution in [3.8, 4) is 11.3 Å². The van der Waals surface area contributed by atoms with Crippen LogP contribution in [0.15, 0.2) is 42.9 Å². The molecule has 208 valence electrons. The second-order valence-corrected chi connectivity index (χ2v) is 11.0. The van der Waals surface area contributed by atoms with E-state index in [1.54, 1.807) is 29.8 Å². The van der Waals surface area contributed by atoms with Crippen LogP contribution in [0.4, 0.5) is 5.69 Å². The standard InChI is InChI=1S/C28H33N9O3/c1-18-23(13-20(14-30-18)26(38)29-9-12-35-10-4-8-28(35,2)3)31-27(39)25-24-6-5-19(15-37(24)34-32-25)22-7-11-36(33-22)21-16-40-17-21/h5-7,11,13-15,21H,4,8-10,12,16-17H2,1-3H3,(H,29,38)(H,31,39). The van der Waals surface area contributed by atoms with Gasteiger partial charge in [-0.05, 0) is 64.4 Å². The van der Waals surface area contributed by atoms with Crippen molar-refractivity contribution in [2.24, 2.45) is 0 Å². The van der Waals surface area contributed by atoms with Crippen molar-refractivity contribution in [2.75, 3.05) is 38.2 Å². The fourth-order valence-corrected chi connectivity index (χ4v) is 5.23. The molecule has 6 rings (SSSR count). The molecule has 2 amide bonds. The van der Waals surface area contributed by atoms with Gasteiger partial charge in [0, 0.05) is 42.8 Å². The Morgan fingerprint density at radius 2 is 2.02 bits per heavy atom. The van der Waals surface area contributed by atoms with Crippen molar-refractivity contribution >= 4 is 23.0 Å². The molecule has 2 fully saturated rings. The molecule has 2 N–H and O–H groups in total. The van der Waals surface area contributed by atoms with Gasteiger partial charge in [-0.3, -0.25) is 24.2 Å². The van der Waals surface area contributed by atoms with Crippen LogP contribution in [0.5, 0.6) is 0 Å². The van der Waals surface area contributed by atoms with Crippen LogP contribution in [0.25, 0.3) is 16.8 Å². The van der Waals surface area contributed by atoms with E-state index in [0.717, 1.165) is 30.8 Å². The van der Waals surface area contributed by atoms with Gasteiger partial charge in [0.05, 0.1) is 47.4 Å². The molecule has 6 heterocycles. The van der Waals surface area contributed by atoms with E-state index < -0.39 is 5.91 Å². The van der Waals surface area contributed by atoms with E-state index in [1.165, 1.54) is 12.6 Å². The lowest BCUT2D eigenvalue weighted by molar-refractivity contribution is -0.0285. The van der Waals surface area contributed by atoms with Crippen molar-refractivity contribution in [3.05, 3.63) is 59.8 Å². The SMILES string of the molecule is Cc1ncc(C(=O)NCCN2CCCC2(C)C)cc1NC(=O)c1nnn2cc(-c3ccn(C4COC4)n3)ccc12. The third-order valence-electron chi connectivity index (χ3n) is 7.86. The molecule has 0 radical (unpaired) electrons. The molecule has 0 bridgehead atoms. The monoisotopic (exact) mass is 543 g/mol. The Morgan fingerprint density at radius 1 is 1.18 bits per heavy atom. The zero-order chi connectivity index (χ0) is 27.9. The Labute approximate surface area is 231 Å². The van der Waals surface area contributed by atoms with Gasteiger partial charge < -0.3 is 15.4 Å². The highest BCUT2D eigenvalue weighted by Gasteiger charge is 2.31. The molecule has 0 unspecified atom stereocenters. The Bertz CT molecular complexity index is 1570. The van der Waals surface area contributed by atoms with Gasteiger partial charge in [-0.15, -0.1) is 5.10 Å². The van der Waals surface area contributed by atoms with E-state index in [-0.39, 0.29) is 23.2 Å². The summed E-state index contributed by atoms with van der Waals surface area (Å²) < 4.78 is 8.71. The third kappa shape index (κ3) is 5.07. The zero-order valence-electron chi connectivity index (χ0n) is 22.9. The number of carbonyl (C=O) groups is 2. The molecular formula is C28H33N9O3. The van der Waals surface area contributed by atoms with E-state index >= 15 is 0 Å². The largest absolute Gasteiger partial charge is 0.377 e. The second kappa shape index (κ2) is 10.4. The molecule has 0 saturated carbocycles. The molecular weight excluding hydrogens is 510 g/mol. The maximum absolute atomic E-state index is 13.2. The number of aromatic nitrogens is 6. The van der Waals surface area contributed by atoms with Gasteiger partial charge >= 0.3 is 0 Å². The van der Waals surface area contributed by atoms with Crippen molar-refractivity contribution in [2.45, 2.75) is 45.2 Å². The summed E-state index contributed by atoms with van der Waals surface area (Å²) in [5.74, 6) is -0.662. The number of nitrogens with zero attached hydrogens (tertiary/aromatic N) is 7. The molecule has 0 aliphatic carbocycles. The minimum absolute atomic E-state index is 0.162. The van der Waals surface area contributed by atoms with E-state index in [9.17, 15) is 9.59 Å². The van der Waals surface area contributed by atoms with Gasteiger partial charge in [0.1, 0.15) is 0 Å². The molecule has 0 spiro atoms. The Morgan fingerprint density at radius 3 is 2.77 bits per heavy atom. The third-order valence-corrected chi connectivity index (χ3v) is 7.86. The molecule has 0 atom stereocenters. The molecule has 2 aliphatic heterocycles. The number of amides is 2. The average Bonchev–Trinajstić information content (AvgIpc) is 3.62. The van der Waals surface area contributed by atoms with Crippen LogP contribution in [0.3, 0.4) is 0 Å². The molecule has 12 nitrogen and oxygen atoms in total. The van der Waals surface area contributed by atoms with Gasteiger partial charge in [0.25, 0.3) is 11.8 Å². The summed E-state index contributed by atoms with van der Waals surface area (Å²) in [6.45, 7) is 9.97. The summed E-state index contributed by atoms with van der Waals surface area (Å²) in [4.78, 5) is 32.7. The number of likely N-dealkylation sites (tertiary alicyclic amines) is 1. The number of aryl methyl sites for hydroxylation is 1. The number of ether oxygens (including phenoxy) is 1. The molecule has 4 aromatic heterocycles. The maximum atomic E-state index is 13.2. The quantitative estimate of drug-likeness (QED) is 0.347. The second-order valence-electron chi connectivity index (χ2n) is 11.0. The average molecular weight is 544 g/mol. The van der Waals surface area contributed by atoms with E-state index in [2.05, 4.69) is 49.8 Å². The summed E-state index contributed by atoms with van der Waals surface area (Å²) in [6, 6.07) is 7.54. The first-order valence-electron chi connectivity index (χ1n) is 13.6. The number of pyridine rings is 2. The van der Waals surface area contributed by atoms with Gasteiger partial charge in [-0.25, -0.2) is 4.52 Å². The Hall–Kier alpha value is -4.16. The van der Waals surface area contributed by atoms with E-state index in [4.69, 9.17) is 4.74 Å². The predicted octanol–water partition coefficient (Wildman–Crippen LogP) is 2.72. The van der Waals surface area contributed by atoms with Crippen LogP contribution in [-0.2, 0) is 4.74 Å². The summed E-state index contributed by atoms with van der Waals surface area (Å²) in [7, 11) is 0. The highest BCUT2D eigenvalue weighted by atomic mass is 16.5. The molecule has 2 saturated heterocycles. The fraction of sp³-hybridized carbons (Fsp3) is 0.429. The molecule has 2 aliphatic rings. The van der Waals surface area contributed by atoms with Gasteiger partial charge in [-0.1, -0.05) is 5.21 Å². The minimum atomic E-state index is -0.435. The number of rotatable bonds is 8. The van der Waals surface area contributed by atoms with Crippen LogP contribution < -0.4 is 10.6 Å². The van der Waals surface area contributed by atoms with Crippen molar-refractivity contribution in [1.29, 1.82) is 0 Å². The predicted molar refractivity (Wildman–Crippen MR) is 148 cm³/mol. The van der Waals surface area contributed by atoms with Gasteiger partial charge in [0.15, 0.2) is 5.69 Å². The molecule has 0 aromatic carbocycles. The van der Waals surface area contributed by atoms with E-state index in [1.807, 2.05) is 23.0 Å². The van der Waals surface area contributed by atoms with Gasteiger partial charge in [-0.2, -0.15) is 5.10 Å². The first kappa shape index (κ1) is 26.1. The Kier molecular flexibility index (Phi) is 6.80. The van der Waals surface area contributed by atoms with Crippen LogP contribution in [0.2, 0.25) is 0 Å². The van der Waals surface area contributed by atoms with Gasteiger partial charge in [0.2, 0.25) is 0 Å². The highest BCUT2D eigenvalue weighted by molar-refractivity contribution is 6.08. The van der Waals surface area contributed by atoms with Crippen LogP contribution in [-0.4, -0.2) is 84.7 Å². The van der Waals surface area contributed by atoms with Crippen molar-refractivity contribution < 1.29 is 14.3 Å². The smallest absolute Gasteiger partial charge is 0.278 e. The van der Waals surface area contributed by atoms with Crippen molar-refractivity contribution in [1.82, 2.24) is 39.8 Å². The number of hydrogen-bond acceptors (Lipinski definition) is 8. The lowest BCUT2D eigenvalue weighted by Gasteiger charge is -2.31. The highest BCUT2D eigenvalue weighted by Crippen LogP contribution is 2.27. The first-order valence-corrected chi connectivity index (χ1v) is 13.6. The van der Waals surface area contributed by atoms with Crippen LogP contribution >= 0.6 is 0 Å². The minimum Gasteiger partial charge on any atom is -0.377 e. The molecule has 12 heteroatoms. The number of fused-ring (bicyclic) bond motifs is 1. The van der Waals surface area contributed by atoms with Crippen molar-refractivity contribution in [3.63, 3.8) is 0 Å². The normalized spacial score (nSPS) is 17.2. The summed E-state index contributed by atoms with van der Waals surface area (Å²) in [5, 5.41) is 18.7. The number of carbonyl (C=O) groups excluding carboxylic acids is 2. The van der Waals surface area contributed by atoms with Crippen LogP contribution in [0, 0.1) is 6.92 Å². The molecule has 40 heavy (non-hydrogen) atoms. The first-order chi connectivity index (χ1) is 19.3. The van der Waals surface area contributed by atoms with Crippen LogP contribution in [0.1, 0.15) is 59.3 Å². The lowest BCUT2D eigenvalue weighted by atomic mass is 10.0. The molecule has 4 aromatic rings. The Balaban J connectivity index is 1.12. The zero-order valence-corrected chi connectivity index (χ0v) is 22.9. The number of hydrogen-bond donors (Lipinski definition) is 2. The topological polar surface area (TPSA) is 132 Å². The van der Waals surface area contributed by atoms with E-state index in [0.29, 0.717) is 42.2 Å². The summed E-state index contributed by atoms with van der Waals surface area (Å²) in [6.07, 6.45) is 7.59. The fourth-order valence-electron chi connectivity index (χ4n) is 5.23. The summed E-state index contributed by atoms with van der Waals surface area (Å²) >= 11 is 0. The maximum Gasteiger partial charge on any atom is 0.278 e.